The molecule has 0 aliphatic rings. The first-order chi connectivity index (χ1) is 8.98. The first-order valence-corrected chi connectivity index (χ1v) is 7.56. The zero-order chi connectivity index (χ0) is 14.3. The molecule has 2 atom stereocenters. The number of thioether (sulfide) groups is 1. The fourth-order valence-electron chi connectivity index (χ4n) is 1.98. The summed E-state index contributed by atoms with van der Waals surface area (Å²) in [7, 11) is 0. The Bertz CT molecular complexity index is 396. The van der Waals surface area contributed by atoms with E-state index in [1.165, 1.54) is 4.90 Å². The number of hydrogen-bond donors (Lipinski definition) is 2. The molecular formula is C15H23NO2S. The Morgan fingerprint density at radius 2 is 2.05 bits per heavy atom. The van der Waals surface area contributed by atoms with Crippen LogP contribution in [0.25, 0.3) is 0 Å². The lowest BCUT2D eigenvalue weighted by atomic mass is 9.96. The van der Waals surface area contributed by atoms with E-state index in [-0.39, 0.29) is 5.25 Å². The third-order valence-electron chi connectivity index (χ3n) is 3.01. The van der Waals surface area contributed by atoms with Gasteiger partial charge in [0.1, 0.15) is 5.54 Å². The van der Waals surface area contributed by atoms with Gasteiger partial charge < -0.3 is 10.4 Å². The number of carboxylic acids is 1. The Morgan fingerprint density at radius 1 is 1.42 bits per heavy atom. The van der Waals surface area contributed by atoms with Crippen molar-refractivity contribution < 1.29 is 9.90 Å². The zero-order valence-corrected chi connectivity index (χ0v) is 12.7. The second-order valence-corrected chi connectivity index (χ2v) is 6.52. The summed E-state index contributed by atoms with van der Waals surface area (Å²) in [5, 5.41) is 12.8. The lowest BCUT2D eigenvalue weighted by Crippen LogP contribution is -2.51. The van der Waals surface area contributed by atoms with E-state index in [1.54, 1.807) is 18.7 Å². The van der Waals surface area contributed by atoms with Crippen molar-refractivity contribution in [3.05, 3.63) is 30.3 Å². The molecule has 0 saturated carbocycles. The minimum atomic E-state index is -0.850. The predicted octanol–water partition coefficient (Wildman–Crippen LogP) is 3.40. The maximum Gasteiger partial charge on any atom is 0.323 e. The summed E-state index contributed by atoms with van der Waals surface area (Å²) in [4.78, 5) is 12.6. The normalized spacial score (nSPS) is 15.7. The van der Waals surface area contributed by atoms with Gasteiger partial charge in [-0.15, -0.1) is 11.8 Å². The summed E-state index contributed by atoms with van der Waals surface area (Å²) in [6, 6.07) is 10.1. The van der Waals surface area contributed by atoms with Crippen molar-refractivity contribution in [3.8, 4) is 0 Å². The van der Waals surface area contributed by atoms with Crippen LogP contribution >= 0.6 is 11.8 Å². The largest absolute Gasteiger partial charge is 0.480 e. The highest BCUT2D eigenvalue weighted by Crippen LogP contribution is 2.28. The number of benzene rings is 1. The van der Waals surface area contributed by atoms with Gasteiger partial charge >= 0.3 is 5.97 Å². The molecular weight excluding hydrogens is 258 g/mol. The van der Waals surface area contributed by atoms with Crippen LogP contribution in [0.4, 0.5) is 0 Å². The highest BCUT2D eigenvalue weighted by molar-refractivity contribution is 7.99. The van der Waals surface area contributed by atoms with Crippen LogP contribution in [-0.2, 0) is 4.79 Å². The van der Waals surface area contributed by atoms with Crippen LogP contribution in [0.5, 0.6) is 0 Å². The molecule has 0 amide bonds. The van der Waals surface area contributed by atoms with Crippen LogP contribution in [-0.4, -0.2) is 28.4 Å². The Hall–Kier alpha value is -1.00. The summed E-state index contributed by atoms with van der Waals surface area (Å²) in [5.41, 5.74) is -0.850. The minimum Gasteiger partial charge on any atom is -0.480 e. The molecule has 1 aromatic carbocycles. The highest BCUT2D eigenvalue weighted by atomic mass is 32.2. The van der Waals surface area contributed by atoms with Crippen LogP contribution in [0.1, 0.15) is 33.6 Å². The number of nitrogens with one attached hydrogen (secondary N) is 1. The molecule has 1 rings (SSSR count). The Balaban J connectivity index is 2.61. The quantitative estimate of drug-likeness (QED) is 0.717. The first-order valence-electron chi connectivity index (χ1n) is 6.68. The third kappa shape index (κ3) is 5.25. The van der Waals surface area contributed by atoms with E-state index in [1.807, 2.05) is 25.1 Å². The van der Waals surface area contributed by atoms with Crippen molar-refractivity contribution in [1.82, 2.24) is 5.32 Å². The third-order valence-corrected chi connectivity index (χ3v) is 4.13. The van der Waals surface area contributed by atoms with Gasteiger partial charge in [0.15, 0.2) is 0 Å². The van der Waals surface area contributed by atoms with E-state index in [2.05, 4.69) is 24.4 Å². The number of carbonyl (C=O) groups is 1. The van der Waals surface area contributed by atoms with Gasteiger partial charge in [-0.2, -0.15) is 0 Å². The van der Waals surface area contributed by atoms with Crippen LogP contribution in [0, 0.1) is 0 Å². The molecule has 4 heteroatoms. The first kappa shape index (κ1) is 16.1. The van der Waals surface area contributed by atoms with Crippen molar-refractivity contribution in [1.29, 1.82) is 0 Å². The van der Waals surface area contributed by atoms with Crippen molar-refractivity contribution in [2.45, 2.75) is 49.3 Å². The molecule has 0 bridgehead atoms. The summed E-state index contributed by atoms with van der Waals surface area (Å²) in [6.07, 6.45) is 1.53. The molecule has 2 N–H and O–H groups in total. The lowest BCUT2D eigenvalue weighted by molar-refractivity contribution is -0.144. The second kappa shape index (κ2) is 7.56. The highest BCUT2D eigenvalue weighted by Gasteiger charge is 2.34. The fourth-order valence-corrected chi connectivity index (χ4v) is 3.18. The van der Waals surface area contributed by atoms with E-state index in [9.17, 15) is 9.90 Å². The Kier molecular flexibility index (Phi) is 6.38. The van der Waals surface area contributed by atoms with E-state index in [0.29, 0.717) is 6.42 Å². The summed E-state index contributed by atoms with van der Waals surface area (Å²) >= 11 is 1.72. The molecule has 0 aromatic heterocycles. The zero-order valence-electron chi connectivity index (χ0n) is 11.8. The van der Waals surface area contributed by atoms with Crippen molar-refractivity contribution in [3.63, 3.8) is 0 Å². The van der Waals surface area contributed by atoms with Crippen LogP contribution < -0.4 is 5.32 Å². The van der Waals surface area contributed by atoms with Crippen LogP contribution in [0.2, 0.25) is 0 Å². The monoisotopic (exact) mass is 281 g/mol. The number of rotatable bonds is 8. The molecule has 0 aliphatic heterocycles. The molecule has 0 radical (unpaired) electrons. The number of hydrogen-bond acceptors (Lipinski definition) is 3. The van der Waals surface area contributed by atoms with Crippen molar-refractivity contribution in [2.75, 3.05) is 6.54 Å². The van der Waals surface area contributed by atoms with E-state index < -0.39 is 11.5 Å². The minimum absolute atomic E-state index is 0.243. The van der Waals surface area contributed by atoms with E-state index in [4.69, 9.17) is 0 Å². The molecule has 0 spiro atoms. The lowest BCUT2D eigenvalue weighted by Gasteiger charge is -2.29. The fraction of sp³-hybridized carbons (Fsp3) is 0.533. The van der Waals surface area contributed by atoms with E-state index in [0.717, 1.165) is 13.0 Å². The van der Waals surface area contributed by atoms with Gasteiger partial charge in [-0.25, -0.2) is 0 Å². The molecule has 0 heterocycles. The second-order valence-electron chi connectivity index (χ2n) is 5.01. The van der Waals surface area contributed by atoms with Gasteiger partial charge in [0.25, 0.3) is 0 Å². The summed E-state index contributed by atoms with van der Waals surface area (Å²) < 4.78 is 0. The molecule has 19 heavy (non-hydrogen) atoms. The molecule has 0 aliphatic carbocycles. The van der Waals surface area contributed by atoms with Crippen molar-refractivity contribution in [2.24, 2.45) is 0 Å². The van der Waals surface area contributed by atoms with Crippen LogP contribution in [0.15, 0.2) is 35.2 Å². The Morgan fingerprint density at radius 3 is 2.58 bits per heavy atom. The maximum absolute atomic E-state index is 11.4. The van der Waals surface area contributed by atoms with E-state index >= 15 is 0 Å². The van der Waals surface area contributed by atoms with Crippen molar-refractivity contribution >= 4 is 17.7 Å². The molecule has 2 unspecified atom stereocenters. The maximum atomic E-state index is 11.4. The van der Waals surface area contributed by atoms with Gasteiger partial charge in [-0.05, 0) is 38.4 Å². The van der Waals surface area contributed by atoms with Crippen LogP contribution in [0.3, 0.4) is 0 Å². The molecule has 1 aromatic rings. The summed E-state index contributed by atoms with van der Waals surface area (Å²) in [5.74, 6) is -0.776. The standard InChI is InChI=1S/C15H23NO2S/c1-4-10-16-15(3,14(17)18)11-12(2)19-13-8-6-5-7-9-13/h5-9,12,16H,4,10-11H2,1-3H3,(H,17,18). The Labute approximate surface area is 119 Å². The summed E-state index contributed by atoms with van der Waals surface area (Å²) in [6.45, 7) is 6.61. The molecule has 3 nitrogen and oxygen atoms in total. The van der Waals surface area contributed by atoms with Gasteiger partial charge in [0.05, 0.1) is 0 Å². The number of carboxylic acid groups (broad SMARTS) is 1. The van der Waals surface area contributed by atoms with Gasteiger partial charge in [0.2, 0.25) is 0 Å². The predicted molar refractivity (Wildman–Crippen MR) is 80.7 cm³/mol. The smallest absolute Gasteiger partial charge is 0.323 e. The topological polar surface area (TPSA) is 49.3 Å². The van der Waals surface area contributed by atoms with Gasteiger partial charge in [-0.1, -0.05) is 32.0 Å². The molecule has 0 fully saturated rings. The average Bonchev–Trinajstić information content (AvgIpc) is 2.37. The SMILES string of the molecule is CCCNC(C)(CC(C)Sc1ccccc1)C(=O)O. The number of aliphatic carboxylic acids is 1. The molecule has 106 valence electrons. The van der Waals surface area contributed by atoms with Gasteiger partial charge in [-0.3, -0.25) is 4.79 Å². The van der Waals surface area contributed by atoms with Gasteiger partial charge in [0, 0.05) is 10.1 Å². The average molecular weight is 281 g/mol. The molecule has 0 saturated heterocycles.